The molecular formula is C14H14N2O3S. The Balaban J connectivity index is 1.55. The molecule has 1 amide bonds. The van der Waals surface area contributed by atoms with Crippen molar-refractivity contribution in [2.45, 2.75) is 19.8 Å². The first-order valence-electron chi connectivity index (χ1n) is 6.31. The molecule has 1 aromatic carbocycles. The number of hydrogen-bond donors (Lipinski definition) is 1. The molecule has 0 fully saturated rings. The minimum absolute atomic E-state index is 0.0305. The molecule has 3 rings (SSSR count). The van der Waals surface area contributed by atoms with Gasteiger partial charge in [0.25, 0.3) is 0 Å². The lowest BCUT2D eigenvalue weighted by Crippen LogP contribution is -2.11. The molecule has 20 heavy (non-hydrogen) atoms. The summed E-state index contributed by atoms with van der Waals surface area (Å²) in [6.45, 7) is 2.22. The number of hydrogen-bond acceptors (Lipinski definition) is 5. The van der Waals surface area contributed by atoms with E-state index < -0.39 is 0 Å². The highest BCUT2D eigenvalue weighted by Crippen LogP contribution is 2.32. The molecule has 1 aromatic heterocycles. The molecule has 0 unspecified atom stereocenters. The maximum atomic E-state index is 11.8. The Kier molecular flexibility index (Phi) is 3.56. The van der Waals surface area contributed by atoms with Crippen LogP contribution in [-0.2, 0) is 11.2 Å². The van der Waals surface area contributed by atoms with Gasteiger partial charge >= 0.3 is 0 Å². The summed E-state index contributed by atoms with van der Waals surface area (Å²) in [5.41, 5.74) is 1.06. The van der Waals surface area contributed by atoms with E-state index in [0.717, 1.165) is 21.9 Å². The average molecular weight is 290 g/mol. The fourth-order valence-corrected chi connectivity index (χ4v) is 2.63. The number of anilines is 1. The number of ether oxygens (including phenoxy) is 2. The normalized spacial score (nSPS) is 12.4. The standard InChI is InChI=1S/C14H14N2O3S/c1-9-7-15-14(20-9)16-13(17)5-3-10-2-4-11-12(6-10)19-8-18-11/h2,4,6-7H,3,5,8H2,1H3,(H,15,16,17). The molecule has 6 heteroatoms. The summed E-state index contributed by atoms with van der Waals surface area (Å²) in [5, 5.41) is 3.45. The Morgan fingerprint density at radius 2 is 2.25 bits per heavy atom. The third kappa shape index (κ3) is 2.91. The third-order valence-electron chi connectivity index (χ3n) is 2.95. The lowest BCUT2D eigenvalue weighted by Gasteiger charge is -2.03. The van der Waals surface area contributed by atoms with Crippen LogP contribution in [0.3, 0.4) is 0 Å². The zero-order valence-corrected chi connectivity index (χ0v) is 11.8. The van der Waals surface area contributed by atoms with E-state index in [1.807, 2.05) is 25.1 Å². The van der Waals surface area contributed by atoms with Crippen LogP contribution in [0.4, 0.5) is 5.13 Å². The number of carbonyl (C=O) groups is 1. The van der Waals surface area contributed by atoms with E-state index in [-0.39, 0.29) is 12.7 Å². The predicted octanol–water partition coefficient (Wildman–Crippen LogP) is 2.75. The van der Waals surface area contributed by atoms with Crippen LogP contribution >= 0.6 is 11.3 Å². The lowest BCUT2D eigenvalue weighted by molar-refractivity contribution is -0.116. The molecule has 0 saturated carbocycles. The summed E-state index contributed by atoms with van der Waals surface area (Å²) >= 11 is 1.47. The van der Waals surface area contributed by atoms with Gasteiger partial charge in [0, 0.05) is 17.5 Å². The summed E-state index contributed by atoms with van der Waals surface area (Å²) in [5.74, 6) is 1.48. The third-order valence-corrected chi connectivity index (χ3v) is 3.77. The number of nitrogens with zero attached hydrogens (tertiary/aromatic N) is 1. The maximum Gasteiger partial charge on any atom is 0.231 e. The Morgan fingerprint density at radius 1 is 1.40 bits per heavy atom. The summed E-state index contributed by atoms with van der Waals surface area (Å²) in [4.78, 5) is 17.0. The molecule has 1 aliphatic rings. The van der Waals surface area contributed by atoms with Crippen molar-refractivity contribution in [2.24, 2.45) is 0 Å². The molecule has 0 spiro atoms. The molecule has 0 radical (unpaired) electrons. The van der Waals surface area contributed by atoms with E-state index in [2.05, 4.69) is 10.3 Å². The van der Waals surface area contributed by atoms with Crippen LogP contribution in [0, 0.1) is 6.92 Å². The second kappa shape index (κ2) is 5.50. The maximum absolute atomic E-state index is 11.8. The molecule has 1 N–H and O–H groups in total. The van der Waals surface area contributed by atoms with E-state index in [9.17, 15) is 4.79 Å². The smallest absolute Gasteiger partial charge is 0.231 e. The summed E-state index contributed by atoms with van der Waals surface area (Å²) in [6, 6.07) is 5.75. The van der Waals surface area contributed by atoms with E-state index in [1.165, 1.54) is 11.3 Å². The van der Waals surface area contributed by atoms with Crippen molar-refractivity contribution in [2.75, 3.05) is 12.1 Å². The van der Waals surface area contributed by atoms with Crippen LogP contribution < -0.4 is 14.8 Å². The SMILES string of the molecule is Cc1cnc(NC(=O)CCc2ccc3c(c2)OCO3)s1. The number of thiazole rings is 1. The zero-order chi connectivity index (χ0) is 13.9. The van der Waals surface area contributed by atoms with Crippen molar-refractivity contribution in [3.8, 4) is 11.5 Å². The van der Waals surface area contributed by atoms with Gasteiger partial charge in [-0.15, -0.1) is 11.3 Å². The van der Waals surface area contributed by atoms with Crippen LogP contribution in [-0.4, -0.2) is 17.7 Å². The summed E-state index contributed by atoms with van der Waals surface area (Å²) in [6.07, 6.45) is 2.82. The van der Waals surface area contributed by atoms with Crippen molar-refractivity contribution in [1.82, 2.24) is 4.98 Å². The van der Waals surface area contributed by atoms with E-state index in [1.54, 1.807) is 6.20 Å². The van der Waals surface area contributed by atoms with Gasteiger partial charge in [-0.3, -0.25) is 4.79 Å². The largest absolute Gasteiger partial charge is 0.454 e. The van der Waals surface area contributed by atoms with Gasteiger partial charge in [-0.2, -0.15) is 0 Å². The highest BCUT2D eigenvalue weighted by Gasteiger charge is 2.13. The minimum Gasteiger partial charge on any atom is -0.454 e. The van der Waals surface area contributed by atoms with E-state index in [0.29, 0.717) is 18.0 Å². The van der Waals surface area contributed by atoms with Gasteiger partial charge in [-0.25, -0.2) is 4.98 Å². The fourth-order valence-electron chi connectivity index (χ4n) is 1.95. The number of benzene rings is 1. The monoisotopic (exact) mass is 290 g/mol. The van der Waals surface area contributed by atoms with Gasteiger partial charge in [0.1, 0.15) is 0 Å². The van der Waals surface area contributed by atoms with E-state index >= 15 is 0 Å². The Bertz CT molecular complexity index is 639. The van der Waals surface area contributed by atoms with Crippen LogP contribution in [0.2, 0.25) is 0 Å². The number of rotatable bonds is 4. The number of fused-ring (bicyclic) bond motifs is 1. The molecule has 0 atom stereocenters. The first-order chi connectivity index (χ1) is 9.70. The van der Waals surface area contributed by atoms with Gasteiger partial charge in [0.15, 0.2) is 16.6 Å². The van der Waals surface area contributed by atoms with Crippen molar-refractivity contribution in [3.05, 3.63) is 34.8 Å². The molecule has 1 aliphatic heterocycles. The second-order valence-electron chi connectivity index (χ2n) is 4.51. The molecule has 2 heterocycles. The molecule has 2 aromatic rings. The van der Waals surface area contributed by atoms with Crippen LogP contribution in [0.25, 0.3) is 0 Å². The second-order valence-corrected chi connectivity index (χ2v) is 5.75. The summed E-state index contributed by atoms with van der Waals surface area (Å²) in [7, 11) is 0. The predicted molar refractivity (Wildman–Crippen MR) is 76.4 cm³/mol. The molecule has 0 bridgehead atoms. The topological polar surface area (TPSA) is 60.5 Å². The number of nitrogens with one attached hydrogen (secondary N) is 1. The van der Waals surface area contributed by atoms with Gasteiger partial charge < -0.3 is 14.8 Å². The van der Waals surface area contributed by atoms with Gasteiger partial charge in [-0.05, 0) is 31.0 Å². The quantitative estimate of drug-likeness (QED) is 0.940. The first kappa shape index (κ1) is 12.9. The lowest BCUT2D eigenvalue weighted by atomic mass is 10.1. The van der Waals surface area contributed by atoms with Gasteiger partial charge in [0.2, 0.25) is 12.7 Å². The van der Waals surface area contributed by atoms with Gasteiger partial charge in [-0.1, -0.05) is 6.07 Å². The number of aromatic nitrogens is 1. The molecule has 5 nitrogen and oxygen atoms in total. The highest BCUT2D eigenvalue weighted by molar-refractivity contribution is 7.15. The average Bonchev–Trinajstić information content (AvgIpc) is 3.04. The zero-order valence-electron chi connectivity index (χ0n) is 11.0. The van der Waals surface area contributed by atoms with Crippen LogP contribution in [0.15, 0.2) is 24.4 Å². The van der Waals surface area contributed by atoms with Gasteiger partial charge in [0.05, 0.1) is 0 Å². The summed E-state index contributed by atoms with van der Waals surface area (Å²) < 4.78 is 10.6. The minimum atomic E-state index is -0.0305. The van der Waals surface area contributed by atoms with Crippen molar-refractivity contribution < 1.29 is 14.3 Å². The number of amides is 1. The Labute approximate surface area is 120 Å². The molecular weight excluding hydrogens is 276 g/mol. The first-order valence-corrected chi connectivity index (χ1v) is 7.13. The van der Waals surface area contributed by atoms with E-state index in [4.69, 9.17) is 9.47 Å². The Morgan fingerprint density at radius 3 is 3.05 bits per heavy atom. The number of carbonyl (C=O) groups excluding carboxylic acids is 1. The van der Waals surface area contributed by atoms with Crippen molar-refractivity contribution >= 4 is 22.4 Å². The van der Waals surface area contributed by atoms with Crippen molar-refractivity contribution in [3.63, 3.8) is 0 Å². The molecule has 0 saturated heterocycles. The van der Waals surface area contributed by atoms with Crippen molar-refractivity contribution in [1.29, 1.82) is 0 Å². The molecule has 0 aliphatic carbocycles. The Hall–Kier alpha value is -2.08. The fraction of sp³-hybridized carbons (Fsp3) is 0.286. The van der Waals surface area contributed by atoms with Crippen LogP contribution in [0.5, 0.6) is 11.5 Å². The molecule has 104 valence electrons. The highest BCUT2D eigenvalue weighted by atomic mass is 32.1. The number of aryl methyl sites for hydroxylation is 2. The van der Waals surface area contributed by atoms with Crippen LogP contribution in [0.1, 0.15) is 16.9 Å².